The van der Waals surface area contributed by atoms with Gasteiger partial charge in [-0.05, 0) is 29.8 Å². The Morgan fingerprint density at radius 2 is 1.88 bits per heavy atom. The Balaban J connectivity index is 1.94. The first-order chi connectivity index (χ1) is 11.5. The molecule has 0 aliphatic heterocycles. The summed E-state index contributed by atoms with van der Waals surface area (Å²) in [5.74, 6) is 0.506. The van der Waals surface area contributed by atoms with Crippen LogP contribution in [0.3, 0.4) is 0 Å². The molecule has 0 aromatic carbocycles. The van der Waals surface area contributed by atoms with Crippen LogP contribution < -0.4 is 16.0 Å². The fourth-order valence-corrected chi connectivity index (χ4v) is 1.93. The van der Waals surface area contributed by atoms with Crippen molar-refractivity contribution >= 4 is 23.4 Å². The van der Waals surface area contributed by atoms with Crippen LogP contribution in [0.4, 0.5) is 16.3 Å². The van der Waals surface area contributed by atoms with Crippen LogP contribution in [0.1, 0.15) is 16.1 Å². The smallest absolute Gasteiger partial charge is 0.319 e. The Hall–Kier alpha value is -3.16. The third-order valence-corrected chi connectivity index (χ3v) is 3.18. The van der Waals surface area contributed by atoms with Gasteiger partial charge in [-0.1, -0.05) is 0 Å². The minimum atomic E-state index is -0.368. The van der Waals surface area contributed by atoms with Crippen molar-refractivity contribution in [1.82, 2.24) is 20.2 Å². The average molecular weight is 328 g/mol. The lowest BCUT2D eigenvalue weighted by Gasteiger charge is -2.11. The molecule has 8 nitrogen and oxygen atoms in total. The highest BCUT2D eigenvalue weighted by Crippen LogP contribution is 2.10. The molecule has 0 radical (unpaired) electrons. The van der Waals surface area contributed by atoms with E-state index in [1.807, 2.05) is 12.1 Å². The summed E-state index contributed by atoms with van der Waals surface area (Å²) in [4.78, 5) is 33.4. The number of aromatic nitrogens is 2. The number of anilines is 2. The summed E-state index contributed by atoms with van der Waals surface area (Å²) in [7, 11) is 5.07. The number of hydrogen-bond donors (Lipinski definition) is 3. The van der Waals surface area contributed by atoms with Crippen molar-refractivity contribution in [3.63, 3.8) is 0 Å². The van der Waals surface area contributed by atoms with Crippen molar-refractivity contribution < 1.29 is 9.59 Å². The van der Waals surface area contributed by atoms with Gasteiger partial charge >= 0.3 is 6.03 Å². The molecule has 0 saturated carbocycles. The average Bonchev–Trinajstić information content (AvgIpc) is 2.59. The summed E-state index contributed by atoms with van der Waals surface area (Å²) in [5, 5.41) is 8.37. The third-order valence-electron chi connectivity index (χ3n) is 3.18. The molecule has 8 heteroatoms. The first-order valence-corrected chi connectivity index (χ1v) is 7.35. The fraction of sp³-hybridized carbons (Fsp3) is 0.250. The van der Waals surface area contributed by atoms with Crippen LogP contribution in [-0.4, -0.2) is 47.9 Å². The molecule has 0 spiro atoms. The Morgan fingerprint density at radius 3 is 2.58 bits per heavy atom. The maximum atomic E-state index is 12.0. The van der Waals surface area contributed by atoms with Crippen LogP contribution in [0.5, 0.6) is 0 Å². The van der Waals surface area contributed by atoms with Gasteiger partial charge in [-0.3, -0.25) is 9.78 Å². The Bertz CT molecular complexity index is 732. The Kier molecular flexibility index (Phi) is 5.67. The minimum Gasteiger partial charge on any atom is -0.373 e. The summed E-state index contributed by atoms with van der Waals surface area (Å²) in [6.07, 6.45) is 3.15. The molecule has 0 aliphatic rings. The lowest BCUT2D eigenvalue weighted by atomic mass is 10.2. The van der Waals surface area contributed by atoms with Crippen molar-refractivity contribution in [1.29, 1.82) is 0 Å². The van der Waals surface area contributed by atoms with Crippen LogP contribution in [0.25, 0.3) is 0 Å². The second-order valence-electron chi connectivity index (χ2n) is 5.24. The molecule has 24 heavy (non-hydrogen) atoms. The van der Waals surface area contributed by atoms with Gasteiger partial charge in [0.1, 0.15) is 11.5 Å². The Labute approximate surface area is 140 Å². The summed E-state index contributed by atoms with van der Waals surface area (Å²) < 4.78 is 0. The first-order valence-electron chi connectivity index (χ1n) is 7.35. The molecule has 3 N–H and O–H groups in total. The lowest BCUT2D eigenvalue weighted by molar-refractivity contribution is 0.0822. The zero-order chi connectivity index (χ0) is 17.5. The standard InChI is InChI=1S/C16H20N6O2/c1-17-14-8-11(4-6-19-14)10-20-16(24)21-12-5-7-18-13(9-12)15(23)22(2)3/h4-9H,10H2,1-3H3,(H,17,19)(H2,18,20,21,24). The molecule has 126 valence electrons. The van der Waals surface area contributed by atoms with Crippen molar-refractivity contribution in [3.05, 3.63) is 47.9 Å². The summed E-state index contributed by atoms with van der Waals surface area (Å²) in [5.41, 5.74) is 1.69. The molecule has 0 unspecified atom stereocenters. The quantitative estimate of drug-likeness (QED) is 0.773. The van der Waals surface area contributed by atoms with E-state index in [-0.39, 0.29) is 17.6 Å². The normalized spacial score (nSPS) is 9.96. The van der Waals surface area contributed by atoms with E-state index in [1.165, 1.54) is 17.2 Å². The Morgan fingerprint density at radius 1 is 1.12 bits per heavy atom. The number of urea groups is 1. The van der Waals surface area contributed by atoms with Gasteiger partial charge in [-0.25, -0.2) is 9.78 Å². The number of nitrogens with one attached hydrogen (secondary N) is 3. The molecule has 0 saturated heterocycles. The van der Waals surface area contributed by atoms with Crippen LogP contribution in [0.2, 0.25) is 0 Å². The first kappa shape index (κ1) is 17.2. The van der Waals surface area contributed by atoms with Crippen molar-refractivity contribution in [2.75, 3.05) is 31.8 Å². The molecular formula is C16H20N6O2. The van der Waals surface area contributed by atoms with E-state index in [2.05, 4.69) is 25.9 Å². The van der Waals surface area contributed by atoms with Gasteiger partial charge in [-0.2, -0.15) is 0 Å². The van der Waals surface area contributed by atoms with E-state index in [0.29, 0.717) is 12.2 Å². The fourth-order valence-electron chi connectivity index (χ4n) is 1.93. The van der Waals surface area contributed by atoms with Gasteiger partial charge in [0.05, 0.1) is 0 Å². The van der Waals surface area contributed by atoms with Crippen molar-refractivity contribution in [2.45, 2.75) is 6.54 Å². The van der Waals surface area contributed by atoms with Gasteiger partial charge in [0.25, 0.3) is 5.91 Å². The van der Waals surface area contributed by atoms with Crippen LogP contribution >= 0.6 is 0 Å². The largest absolute Gasteiger partial charge is 0.373 e. The second kappa shape index (κ2) is 7.91. The molecule has 2 aromatic heterocycles. The van der Waals surface area contributed by atoms with Crippen LogP contribution in [-0.2, 0) is 6.54 Å². The number of carbonyl (C=O) groups is 2. The number of amides is 3. The van der Waals surface area contributed by atoms with Crippen molar-refractivity contribution in [3.8, 4) is 0 Å². The van der Waals surface area contributed by atoms with E-state index in [4.69, 9.17) is 0 Å². The molecule has 0 atom stereocenters. The monoisotopic (exact) mass is 328 g/mol. The summed E-state index contributed by atoms with van der Waals surface area (Å²) >= 11 is 0. The molecule has 0 bridgehead atoms. The predicted octanol–water partition coefficient (Wildman–Crippen LogP) is 1.54. The highest BCUT2D eigenvalue weighted by Gasteiger charge is 2.11. The molecular weight excluding hydrogens is 308 g/mol. The SMILES string of the molecule is CNc1cc(CNC(=O)Nc2ccnc(C(=O)N(C)C)c2)ccn1. The molecule has 0 aliphatic carbocycles. The third kappa shape index (κ3) is 4.67. The van der Waals surface area contributed by atoms with E-state index in [0.717, 1.165) is 11.4 Å². The molecule has 2 heterocycles. The molecule has 3 amide bonds. The molecule has 2 aromatic rings. The van der Waals surface area contributed by atoms with Crippen LogP contribution in [0.15, 0.2) is 36.7 Å². The number of nitrogens with zero attached hydrogens (tertiary/aromatic N) is 3. The maximum Gasteiger partial charge on any atom is 0.319 e. The van der Waals surface area contributed by atoms with Gasteiger partial charge in [-0.15, -0.1) is 0 Å². The highest BCUT2D eigenvalue weighted by atomic mass is 16.2. The van der Waals surface area contributed by atoms with E-state index < -0.39 is 0 Å². The number of hydrogen-bond acceptors (Lipinski definition) is 5. The number of pyridine rings is 2. The topological polar surface area (TPSA) is 99.2 Å². The second-order valence-corrected chi connectivity index (χ2v) is 5.24. The number of carbonyl (C=O) groups excluding carboxylic acids is 2. The van der Waals surface area contributed by atoms with E-state index in [9.17, 15) is 9.59 Å². The molecule has 0 fully saturated rings. The highest BCUT2D eigenvalue weighted by molar-refractivity contribution is 5.95. The lowest BCUT2D eigenvalue weighted by Crippen LogP contribution is -2.28. The van der Waals surface area contributed by atoms with E-state index in [1.54, 1.807) is 33.4 Å². The van der Waals surface area contributed by atoms with Gasteiger partial charge in [0.2, 0.25) is 0 Å². The maximum absolute atomic E-state index is 12.0. The summed E-state index contributed by atoms with van der Waals surface area (Å²) in [6.45, 7) is 0.359. The van der Waals surface area contributed by atoms with Gasteiger partial charge in [0, 0.05) is 45.8 Å². The number of rotatable bonds is 5. The van der Waals surface area contributed by atoms with Crippen LogP contribution in [0, 0.1) is 0 Å². The predicted molar refractivity (Wildman–Crippen MR) is 91.9 cm³/mol. The molecule has 2 rings (SSSR count). The van der Waals surface area contributed by atoms with Gasteiger partial charge in [0.15, 0.2) is 0 Å². The van der Waals surface area contributed by atoms with Gasteiger partial charge < -0.3 is 20.9 Å². The van der Waals surface area contributed by atoms with E-state index >= 15 is 0 Å². The van der Waals surface area contributed by atoms with Crippen molar-refractivity contribution in [2.24, 2.45) is 0 Å². The zero-order valence-corrected chi connectivity index (χ0v) is 13.8. The minimum absolute atomic E-state index is 0.226. The summed E-state index contributed by atoms with van der Waals surface area (Å²) in [6, 6.07) is 6.46. The zero-order valence-electron chi connectivity index (χ0n) is 13.8.